The highest BCUT2D eigenvalue weighted by molar-refractivity contribution is 6.89. The van der Waals surface area contributed by atoms with Crippen LogP contribution in [0.2, 0.25) is 37.3 Å². The van der Waals surface area contributed by atoms with E-state index < -0.39 is 22.2 Å². The highest BCUT2D eigenvalue weighted by Gasteiger charge is 2.58. The van der Waals surface area contributed by atoms with Crippen LogP contribution >= 0.6 is 0 Å². The van der Waals surface area contributed by atoms with E-state index >= 15 is 0 Å². The lowest BCUT2D eigenvalue weighted by Crippen LogP contribution is -2.55. The van der Waals surface area contributed by atoms with Gasteiger partial charge in [0.2, 0.25) is 8.32 Å². The molecule has 1 aliphatic heterocycles. The molecule has 3 aliphatic rings. The van der Waals surface area contributed by atoms with Crippen LogP contribution in [0.4, 0.5) is 0 Å². The van der Waals surface area contributed by atoms with E-state index in [4.69, 9.17) is 18.6 Å². The molecule has 196 valence electrons. The topological polar surface area (TPSA) is 36.9 Å². The molecule has 0 unspecified atom stereocenters. The molecule has 1 saturated carbocycles. The van der Waals surface area contributed by atoms with E-state index in [1.54, 1.807) is 0 Å². The van der Waals surface area contributed by atoms with Crippen LogP contribution in [0.1, 0.15) is 46.5 Å². The fourth-order valence-electron chi connectivity index (χ4n) is 6.56. The summed E-state index contributed by atoms with van der Waals surface area (Å²) in [4.78, 5) is 0. The molecule has 3 atom stereocenters. The monoisotopic (exact) mass is 516 g/mol. The predicted molar refractivity (Wildman–Crippen MR) is 149 cm³/mol. The molecule has 35 heavy (non-hydrogen) atoms. The Labute approximate surface area is 215 Å². The summed E-state index contributed by atoms with van der Waals surface area (Å²) in [7, 11) is -1.81. The SMILES string of the molecule is COC[C@@]12CC=C(O[Si](C)(C)C(C)(C)C)[C@H](C[Si](C)(C)c3ccccc3)[C@H]1CCC1(C2)OCCO1. The molecule has 1 heterocycles. The summed E-state index contributed by atoms with van der Waals surface area (Å²) in [6.07, 6.45) is 6.43. The molecule has 1 aromatic carbocycles. The fourth-order valence-corrected chi connectivity index (χ4v) is 10.6. The van der Waals surface area contributed by atoms with Gasteiger partial charge >= 0.3 is 0 Å². The fraction of sp³-hybridized carbons (Fsp3) is 0.724. The summed E-state index contributed by atoms with van der Waals surface area (Å²) in [5, 5.41) is 1.71. The third-order valence-corrected chi connectivity index (χ3v) is 17.2. The number of hydrogen-bond donors (Lipinski definition) is 0. The van der Waals surface area contributed by atoms with Crippen LogP contribution in [0.25, 0.3) is 0 Å². The molecule has 1 saturated heterocycles. The van der Waals surface area contributed by atoms with E-state index in [9.17, 15) is 0 Å². The average molecular weight is 517 g/mol. The number of rotatable bonds is 7. The van der Waals surface area contributed by atoms with Gasteiger partial charge in [-0.05, 0) is 49.0 Å². The lowest BCUT2D eigenvalue weighted by molar-refractivity contribution is -0.226. The first-order valence-corrected chi connectivity index (χ1v) is 19.7. The molecule has 4 rings (SSSR count). The Morgan fingerprint density at radius 1 is 1.03 bits per heavy atom. The van der Waals surface area contributed by atoms with E-state index in [-0.39, 0.29) is 10.5 Å². The standard InChI is InChI=1S/C29H48O4Si2/c1-27(2,3)35(7,8)33-26-15-16-28(22-30-4)21-29(31-18-19-32-29)17-14-25(28)24(26)20-34(5,6)23-12-10-9-11-13-23/h9-13,15,24-25H,14,16-22H2,1-8H3/t24-,25-,28+/m1/s1. The van der Waals surface area contributed by atoms with Gasteiger partial charge in [-0.25, -0.2) is 0 Å². The second-order valence-corrected chi connectivity index (χ2v) is 22.9. The summed E-state index contributed by atoms with van der Waals surface area (Å²) in [5.74, 6) is 1.78. The summed E-state index contributed by atoms with van der Waals surface area (Å²) in [6, 6.07) is 12.4. The van der Waals surface area contributed by atoms with Crippen molar-refractivity contribution >= 4 is 21.6 Å². The van der Waals surface area contributed by atoms with Crippen molar-refractivity contribution < 1.29 is 18.6 Å². The van der Waals surface area contributed by atoms with Gasteiger partial charge in [-0.1, -0.05) is 69.4 Å². The molecule has 0 N–H and O–H groups in total. The smallest absolute Gasteiger partial charge is 0.250 e. The van der Waals surface area contributed by atoms with Crippen molar-refractivity contribution in [3.8, 4) is 0 Å². The predicted octanol–water partition coefficient (Wildman–Crippen LogP) is 6.70. The zero-order valence-electron chi connectivity index (χ0n) is 23.4. The van der Waals surface area contributed by atoms with Crippen LogP contribution < -0.4 is 5.19 Å². The molecule has 2 aliphatic carbocycles. The number of fused-ring (bicyclic) bond motifs is 1. The number of ether oxygens (including phenoxy) is 3. The minimum Gasteiger partial charge on any atom is -0.547 e. The molecule has 6 heteroatoms. The lowest BCUT2D eigenvalue weighted by Gasteiger charge is -2.55. The van der Waals surface area contributed by atoms with Crippen LogP contribution in [-0.2, 0) is 18.6 Å². The van der Waals surface area contributed by atoms with Crippen molar-refractivity contribution in [3.05, 3.63) is 42.2 Å². The van der Waals surface area contributed by atoms with E-state index in [1.165, 1.54) is 17.0 Å². The number of methoxy groups -OCH3 is 1. The van der Waals surface area contributed by atoms with E-state index in [1.807, 2.05) is 7.11 Å². The first-order valence-electron chi connectivity index (χ1n) is 13.5. The molecular formula is C29H48O4Si2. The maximum atomic E-state index is 7.15. The zero-order chi connectivity index (χ0) is 25.5. The van der Waals surface area contributed by atoms with Crippen LogP contribution in [0.15, 0.2) is 42.2 Å². The van der Waals surface area contributed by atoms with Crippen molar-refractivity contribution in [1.29, 1.82) is 0 Å². The molecule has 0 aromatic heterocycles. The molecule has 0 amide bonds. The Kier molecular flexibility index (Phi) is 7.55. The van der Waals surface area contributed by atoms with Gasteiger partial charge in [-0.3, -0.25) is 0 Å². The summed E-state index contributed by atoms with van der Waals surface area (Å²) in [5.41, 5.74) is 0.0312. The molecule has 0 radical (unpaired) electrons. The Morgan fingerprint density at radius 2 is 1.69 bits per heavy atom. The Balaban J connectivity index is 1.73. The van der Waals surface area contributed by atoms with E-state index in [0.717, 1.165) is 32.3 Å². The second-order valence-electron chi connectivity index (χ2n) is 13.5. The molecule has 1 aromatic rings. The van der Waals surface area contributed by atoms with Gasteiger partial charge < -0.3 is 18.6 Å². The number of allylic oxidation sites excluding steroid dienone is 2. The molecule has 4 nitrogen and oxygen atoms in total. The molecule has 2 fully saturated rings. The van der Waals surface area contributed by atoms with E-state index in [0.29, 0.717) is 25.0 Å². The minimum atomic E-state index is -1.95. The summed E-state index contributed by atoms with van der Waals surface area (Å²) < 4.78 is 25.6. The maximum absolute atomic E-state index is 7.15. The van der Waals surface area contributed by atoms with Gasteiger partial charge in [0.15, 0.2) is 5.79 Å². The highest BCUT2D eigenvalue weighted by atomic mass is 28.4. The summed E-state index contributed by atoms with van der Waals surface area (Å²) >= 11 is 0. The van der Waals surface area contributed by atoms with Gasteiger partial charge in [-0.2, -0.15) is 0 Å². The number of hydrogen-bond acceptors (Lipinski definition) is 4. The van der Waals surface area contributed by atoms with Gasteiger partial charge in [0.05, 0.1) is 33.7 Å². The minimum absolute atomic E-state index is 0.0312. The third-order valence-electron chi connectivity index (χ3n) is 9.52. The Morgan fingerprint density at radius 3 is 2.29 bits per heavy atom. The van der Waals surface area contributed by atoms with E-state index in [2.05, 4.69) is 83.4 Å². The average Bonchev–Trinajstić information content (AvgIpc) is 3.22. The van der Waals surface area contributed by atoms with Gasteiger partial charge in [0.25, 0.3) is 0 Å². The Bertz CT molecular complexity index is 899. The van der Waals surface area contributed by atoms with Gasteiger partial charge in [0, 0.05) is 31.3 Å². The van der Waals surface area contributed by atoms with Crippen LogP contribution in [0.5, 0.6) is 0 Å². The van der Waals surface area contributed by atoms with Gasteiger partial charge in [0.1, 0.15) is 0 Å². The van der Waals surface area contributed by atoms with Crippen molar-refractivity contribution in [3.63, 3.8) is 0 Å². The first-order chi connectivity index (χ1) is 16.3. The third kappa shape index (κ3) is 5.38. The van der Waals surface area contributed by atoms with Crippen LogP contribution in [0, 0.1) is 17.3 Å². The van der Waals surface area contributed by atoms with Crippen LogP contribution in [0.3, 0.4) is 0 Å². The normalized spacial score (nSPS) is 29.1. The molecular weight excluding hydrogens is 468 g/mol. The Hall–Kier alpha value is -0.926. The van der Waals surface area contributed by atoms with Crippen LogP contribution in [-0.4, -0.2) is 49.1 Å². The number of benzene rings is 1. The largest absolute Gasteiger partial charge is 0.547 e. The van der Waals surface area contributed by atoms with Crippen molar-refractivity contribution in [2.75, 3.05) is 26.9 Å². The maximum Gasteiger partial charge on any atom is 0.250 e. The zero-order valence-corrected chi connectivity index (χ0v) is 25.4. The molecule has 0 bridgehead atoms. The quantitative estimate of drug-likeness (QED) is 0.378. The highest BCUT2D eigenvalue weighted by Crippen LogP contribution is 2.59. The van der Waals surface area contributed by atoms with Crippen molar-refractivity contribution in [2.24, 2.45) is 17.3 Å². The van der Waals surface area contributed by atoms with Crippen molar-refractivity contribution in [2.45, 2.75) is 89.5 Å². The second kappa shape index (κ2) is 9.75. The summed E-state index contributed by atoms with van der Waals surface area (Å²) in [6.45, 7) is 19.0. The molecule has 1 spiro atoms. The van der Waals surface area contributed by atoms with Gasteiger partial charge in [-0.15, -0.1) is 0 Å². The lowest BCUT2D eigenvalue weighted by atomic mass is 9.56. The first kappa shape index (κ1) is 27.1. The van der Waals surface area contributed by atoms with Crippen molar-refractivity contribution in [1.82, 2.24) is 0 Å².